The second-order valence-electron chi connectivity index (χ2n) is 3.58. The van der Waals surface area contributed by atoms with Gasteiger partial charge in [0.05, 0.1) is 5.52 Å². The van der Waals surface area contributed by atoms with Crippen LogP contribution in [0.25, 0.3) is 21.7 Å². The Morgan fingerprint density at radius 2 is 1.94 bits per heavy atom. The molecule has 3 nitrogen and oxygen atoms in total. The third-order valence-electron chi connectivity index (χ3n) is 2.63. The highest BCUT2D eigenvalue weighted by Crippen LogP contribution is 2.23. The molecule has 0 atom stereocenters. The van der Waals surface area contributed by atoms with E-state index in [0.29, 0.717) is 5.69 Å². The molecule has 0 spiro atoms. The number of hydrogen-bond donors (Lipinski definition) is 0. The summed E-state index contributed by atoms with van der Waals surface area (Å²) in [5.41, 5.74) is 1.30. The maximum absolute atomic E-state index is 10.6. The minimum Gasteiger partial charge on any atom is -0.296 e. The van der Waals surface area contributed by atoms with Crippen molar-refractivity contribution in [2.45, 2.75) is 0 Å². The molecule has 0 aliphatic rings. The van der Waals surface area contributed by atoms with E-state index in [2.05, 4.69) is 9.97 Å². The zero-order valence-corrected chi connectivity index (χ0v) is 8.42. The van der Waals surface area contributed by atoms with Crippen molar-refractivity contribution in [3.05, 3.63) is 48.4 Å². The quantitative estimate of drug-likeness (QED) is 0.456. The summed E-state index contributed by atoms with van der Waals surface area (Å²) in [4.78, 5) is 19.0. The van der Waals surface area contributed by atoms with Gasteiger partial charge in [-0.2, -0.15) is 0 Å². The molecule has 0 N–H and O–H groups in total. The van der Waals surface area contributed by atoms with Crippen LogP contribution in [0.4, 0.5) is 0 Å². The van der Waals surface area contributed by atoms with Gasteiger partial charge < -0.3 is 0 Å². The van der Waals surface area contributed by atoms with Crippen LogP contribution in [0.3, 0.4) is 0 Å². The van der Waals surface area contributed by atoms with Crippen LogP contribution in [0, 0.1) is 0 Å². The summed E-state index contributed by atoms with van der Waals surface area (Å²) in [5, 5.41) is 3.23. The minimum absolute atomic E-state index is 0.459. The average Bonchev–Trinajstić information content (AvgIpc) is 2.38. The summed E-state index contributed by atoms with van der Waals surface area (Å²) < 4.78 is 0. The minimum atomic E-state index is 0.459. The number of rotatable bonds is 1. The van der Waals surface area contributed by atoms with E-state index in [1.165, 1.54) is 0 Å². The van der Waals surface area contributed by atoms with Crippen molar-refractivity contribution in [2.75, 3.05) is 0 Å². The first-order valence-corrected chi connectivity index (χ1v) is 4.97. The highest BCUT2D eigenvalue weighted by Gasteiger charge is 2.01. The molecule has 76 valence electrons. The third-order valence-corrected chi connectivity index (χ3v) is 2.63. The Labute approximate surface area is 91.8 Å². The van der Waals surface area contributed by atoms with Crippen LogP contribution in [0.2, 0.25) is 0 Å². The smallest absolute Gasteiger partial charge is 0.168 e. The van der Waals surface area contributed by atoms with E-state index in [1.54, 1.807) is 12.3 Å². The first kappa shape index (κ1) is 8.97. The summed E-state index contributed by atoms with van der Waals surface area (Å²) in [7, 11) is 0. The molecule has 0 bridgehead atoms. The Morgan fingerprint density at radius 1 is 1.00 bits per heavy atom. The van der Waals surface area contributed by atoms with E-state index < -0.39 is 0 Å². The molecule has 0 radical (unpaired) electrons. The Morgan fingerprint density at radius 3 is 2.81 bits per heavy atom. The summed E-state index contributed by atoms with van der Waals surface area (Å²) in [6.07, 6.45) is 4.34. The van der Waals surface area contributed by atoms with Crippen LogP contribution in [0.15, 0.2) is 42.7 Å². The lowest BCUT2D eigenvalue weighted by Crippen LogP contribution is -1.88. The molecule has 0 saturated carbocycles. The fraction of sp³-hybridized carbons (Fsp3) is 0. The Kier molecular flexibility index (Phi) is 1.90. The predicted molar refractivity (Wildman–Crippen MR) is 62.4 cm³/mol. The van der Waals surface area contributed by atoms with Gasteiger partial charge in [0.2, 0.25) is 0 Å². The Balaban J connectivity index is 2.47. The van der Waals surface area contributed by atoms with Gasteiger partial charge in [-0.3, -0.25) is 9.78 Å². The number of fused-ring (bicyclic) bond motifs is 3. The van der Waals surface area contributed by atoms with E-state index in [1.807, 2.05) is 30.5 Å². The molecule has 16 heavy (non-hydrogen) atoms. The molecule has 0 fully saturated rings. The number of aromatic nitrogens is 2. The van der Waals surface area contributed by atoms with Gasteiger partial charge in [0, 0.05) is 23.2 Å². The fourth-order valence-corrected chi connectivity index (χ4v) is 1.86. The van der Waals surface area contributed by atoms with E-state index >= 15 is 0 Å². The standard InChI is InChI=1S/C13H8N2O/c16-8-10-2-3-12-11-5-6-14-7-9(11)1-4-13(12)15-10/h1-8H. The van der Waals surface area contributed by atoms with Crippen molar-refractivity contribution in [1.82, 2.24) is 9.97 Å². The topological polar surface area (TPSA) is 42.9 Å². The highest BCUT2D eigenvalue weighted by atomic mass is 16.1. The molecule has 0 saturated heterocycles. The van der Waals surface area contributed by atoms with Crippen molar-refractivity contribution in [2.24, 2.45) is 0 Å². The summed E-state index contributed by atoms with van der Waals surface area (Å²) >= 11 is 0. The van der Waals surface area contributed by atoms with E-state index in [9.17, 15) is 4.79 Å². The second kappa shape index (κ2) is 3.38. The number of aldehydes is 1. The molecule has 3 aromatic rings. The normalized spacial score (nSPS) is 10.8. The van der Waals surface area contributed by atoms with Gasteiger partial charge >= 0.3 is 0 Å². The van der Waals surface area contributed by atoms with Crippen molar-refractivity contribution in [1.29, 1.82) is 0 Å². The average molecular weight is 208 g/mol. The van der Waals surface area contributed by atoms with Crippen LogP contribution >= 0.6 is 0 Å². The van der Waals surface area contributed by atoms with Gasteiger partial charge in [-0.15, -0.1) is 0 Å². The third kappa shape index (κ3) is 1.26. The van der Waals surface area contributed by atoms with E-state index in [-0.39, 0.29) is 0 Å². The van der Waals surface area contributed by atoms with Crippen LogP contribution < -0.4 is 0 Å². The molecular formula is C13H8N2O. The maximum Gasteiger partial charge on any atom is 0.168 e. The van der Waals surface area contributed by atoms with E-state index in [4.69, 9.17) is 0 Å². The number of pyridine rings is 2. The lowest BCUT2D eigenvalue weighted by Gasteiger charge is -2.02. The van der Waals surface area contributed by atoms with Gasteiger partial charge in [0.15, 0.2) is 6.29 Å². The molecule has 3 rings (SSSR count). The predicted octanol–water partition coefficient (Wildman–Crippen LogP) is 2.60. The maximum atomic E-state index is 10.6. The van der Waals surface area contributed by atoms with Gasteiger partial charge in [-0.05, 0) is 29.7 Å². The second-order valence-corrected chi connectivity index (χ2v) is 3.58. The summed E-state index contributed by atoms with van der Waals surface area (Å²) in [5.74, 6) is 0. The van der Waals surface area contributed by atoms with Gasteiger partial charge in [-0.25, -0.2) is 4.98 Å². The molecule has 2 heterocycles. The molecule has 1 aromatic carbocycles. The highest BCUT2D eigenvalue weighted by molar-refractivity contribution is 6.06. The van der Waals surface area contributed by atoms with Crippen LogP contribution in [-0.2, 0) is 0 Å². The molecule has 3 heteroatoms. The Hall–Kier alpha value is -2.29. The molecule has 0 unspecified atom stereocenters. The van der Waals surface area contributed by atoms with Crippen molar-refractivity contribution in [3.63, 3.8) is 0 Å². The lowest BCUT2D eigenvalue weighted by molar-refractivity contribution is 0.111. The SMILES string of the molecule is O=Cc1ccc2c(ccc3cnccc32)n1. The van der Waals surface area contributed by atoms with Crippen LogP contribution in [0.1, 0.15) is 10.5 Å². The molecule has 0 aliphatic heterocycles. The van der Waals surface area contributed by atoms with Crippen LogP contribution in [0.5, 0.6) is 0 Å². The number of nitrogens with zero attached hydrogens (tertiary/aromatic N) is 2. The van der Waals surface area contributed by atoms with Gasteiger partial charge in [0.1, 0.15) is 5.69 Å². The summed E-state index contributed by atoms with van der Waals surface area (Å²) in [6.45, 7) is 0. The first-order chi connectivity index (χ1) is 7.88. The van der Waals surface area contributed by atoms with Crippen LogP contribution in [-0.4, -0.2) is 16.3 Å². The fourth-order valence-electron chi connectivity index (χ4n) is 1.86. The van der Waals surface area contributed by atoms with Gasteiger partial charge in [-0.1, -0.05) is 6.07 Å². The summed E-state index contributed by atoms with van der Waals surface area (Å²) in [6, 6.07) is 9.49. The molecule has 0 aliphatic carbocycles. The van der Waals surface area contributed by atoms with Crippen molar-refractivity contribution >= 4 is 28.0 Å². The number of hydrogen-bond acceptors (Lipinski definition) is 3. The molecule has 0 amide bonds. The Bertz CT molecular complexity index is 692. The monoisotopic (exact) mass is 208 g/mol. The lowest BCUT2D eigenvalue weighted by atomic mass is 10.1. The number of carbonyl (C=O) groups excluding carboxylic acids is 1. The zero-order chi connectivity index (χ0) is 11.0. The molecule has 2 aromatic heterocycles. The zero-order valence-electron chi connectivity index (χ0n) is 8.42. The molecular weight excluding hydrogens is 200 g/mol. The van der Waals surface area contributed by atoms with Crippen molar-refractivity contribution in [3.8, 4) is 0 Å². The first-order valence-electron chi connectivity index (χ1n) is 4.97. The number of benzene rings is 1. The van der Waals surface area contributed by atoms with Gasteiger partial charge in [0.25, 0.3) is 0 Å². The van der Waals surface area contributed by atoms with Crippen molar-refractivity contribution < 1.29 is 4.79 Å². The van der Waals surface area contributed by atoms with E-state index in [0.717, 1.165) is 28.0 Å². The number of carbonyl (C=O) groups is 1. The largest absolute Gasteiger partial charge is 0.296 e.